The normalized spacial score (nSPS) is 21.9. The number of hydrogen-bond donors (Lipinski definition) is 5. The van der Waals surface area contributed by atoms with Crippen molar-refractivity contribution in [3.05, 3.63) is 33.2 Å². The minimum atomic E-state index is -4.53. The quantitative estimate of drug-likeness (QED) is 0.257. The Hall–Kier alpha value is -3.47. The second kappa shape index (κ2) is 10.0. The van der Waals surface area contributed by atoms with Crippen molar-refractivity contribution in [3.8, 4) is 5.88 Å². The van der Waals surface area contributed by atoms with Crippen LogP contribution in [0.25, 0.3) is 11.7 Å². The minimum absolute atomic E-state index is 0.0948. The molecule has 0 saturated heterocycles. The lowest BCUT2D eigenvalue weighted by Gasteiger charge is -2.29. The van der Waals surface area contributed by atoms with Gasteiger partial charge in [0.2, 0.25) is 21.9 Å². The van der Waals surface area contributed by atoms with Crippen LogP contribution in [0, 0.1) is 0 Å². The third kappa shape index (κ3) is 6.50. The van der Waals surface area contributed by atoms with E-state index in [2.05, 4.69) is 40.1 Å². The summed E-state index contributed by atoms with van der Waals surface area (Å²) < 4.78 is 65.1. The summed E-state index contributed by atoms with van der Waals surface area (Å²) in [5.41, 5.74) is 0.339. The molecule has 0 bridgehead atoms. The lowest BCUT2D eigenvalue weighted by atomic mass is 9.92. The van der Waals surface area contributed by atoms with Gasteiger partial charge in [-0.15, -0.1) is 0 Å². The van der Waals surface area contributed by atoms with Gasteiger partial charge in [-0.25, -0.2) is 22.9 Å². The number of halogens is 3. The third-order valence-electron chi connectivity index (χ3n) is 6.32. The molecule has 3 heterocycles. The van der Waals surface area contributed by atoms with E-state index in [4.69, 9.17) is 0 Å². The fraction of sp³-hybridized carbons (Fsp3) is 0.571. The molecule has 0 unspecified atom stereocenters. The first-order chi connectivity index (χ1) is 17.9. The summed E-state index contributed by atoms with van der Waals surface area (Å²) in [5.74, 6) is -1.03. The molecule has 38 heavy (non-hydrogen) atoms. The second-order valence-electron chi connectivity index (χ2n) is 9.52. The predicted molar refractivity (Wildman–Crippen MR) is 128 cm³/mol. The highest BCUT2D eigenvalue weighted by atomic mass is 32.2. The van der Waals surface area contributed by atoms with Crippen molar-refractivity contribution in [2.24, 2.45) is 4.99 Å². The van der Waals surface area contributed by atoms with Crippen LogP contribution in [-0.4, -0.2) is 73.1 Å². The van der Waals surface area contributed by atoms with E-state index in [1.807, 2.05) is 0 Å². The number of aromatic amines is 2. The Balaban J connectivity index is 1.32. The molecule has 0 aromatic carbocycles. The van der Waals surface area contributed by atoms with Gasteiger partial charge < -0.3 is 15.4 Å². The summed E-state index contributed by atoms with van der Waals surface area (Å²) in [6.45, 7) is 0. The SMILES string of the molecule is O=c1[nH]c(O)c(C=c2cnn3c(=NC4CC4)nc(NC4CCC(NS(=O)(=O)CCC(F)(F)F)CC4)nc23)[nH]1. The molecule has 0 atom stereocenters. The number of nitrogens with zero attached hydrogens (tertiary/aromatic N) is 5. The van der Waals surface area contributed by atoms with Crippen molar-refractivity contribution < 1.29 is 26.7 Å². The van der Waals surface area contributed by atoms with Gasteiger partial charge in [-0.3, -0.25) is 4.98 Å². The minimum Gasteiger partial charge on any atom is -0.493 e. The Bertz CT molecular complexity index is 1600. The van der Waals surface area contributed by atoms with Crippen LogP contribution in [0.5, 0.6) is 5.88 Å². The standard InChI is InChI=1S/C21H26F3N9O4S/c22-21(23,24)7-8-38(36,37)32-14-5-3-12(4-6-14)26-18-29-16-11(9-15-17(34)30-20(35)28-15)10-25-33(16)19(31-18)27-13-1-2-13/h9-10,12-14,32,34H,1-8H2,(H,26,27,31)(H2,28,30,35). The monoisotopic (exact) mass is 557 g/mol. The maximum atomic E-state index is 12.4. The number of rotatable bonds is 8. The first kappa shape index (κ1) is 26.1. The van der Waals surface area contributed by atoms with Crippen molar-refractivity contribution in [2.45, 2.75) is 69.2 Å². The van der Waals surface area contributed by atoms with Crippen LogP contribution in [0.15, 0.2) is 16.0 Å². The van der Waals surface area contributed by atoms with Crippen LogP contribution in [0.1, 0.15) is 50.6 Å². The summed E-state index contributed by atoms with van der Waals surface area (Å²) in [4.78, 5) is 29.9. The number of aromatic nitrogens is 6. The van der Waals surface area contributed by atoms with Crippen LogP contribution in [0.4, 0.5) is 19.1 Å². The number of hydrogen-bond acceptors (Lipinski definition) is 9. The molecule has 2 aliphatic carbocycles. The van der Waals surface area contributed by atoms with Crippen LogP contribution < -0.4 is 26.6 Å². The van der Waals surface area contributed by atoms with Crippen molar-refractivity contribution in [1.29, 1.82) is 0 Å². The molecule has 2 saturated carbocycles. The van der Waals surface area contributed by atoms with Gasteiger partial charge in [-0.1, -0.05) is 0 Å². The zero-order valence-electron chi connectivity index (χ0n) is 20.0. The van der Waals surface area contributed by atoms with Gasteiger partial charge in [-0.2, -0.15) is 32.8 Å². The van der Waals surface area contributed by atoms with E-state index in [1.165, 1.54) is 16.8 Å². The van der Waals surface area contributed by atoms with Gasteiger partial charge >= 0.3 is 11.9 Å². The molecule has 0 amide bonds. The first-order valence-electron chi connectivity index (χ1n) is 12.1. The molecule has 0 radical (unpaired) electrons. The Labute approximate surface area is 213 Å². The molecule has 5 rings (SSSR count). The van der Waals surface area contributed by atoms with Crippen molar-refractivity contribution in [3.63, 3.8) is 0 Å². The van der Waals surface area contributed by atoms with E-state index in [9.17, 15) is 31.5 Å². The van der Waals surface area contributed by atoms with Gasteiger partial charge in [0, 0.05) is 17.3 Å². The largest absolute Gasteiger partial charge is 0.493 e. The summed E-state index contributed by atoms with van der Waals surface area (Å²) in [5, 5.41) is 18.0. The number of fused-ring (bicyclic) bond motifs is 1. The number of H-pyrrole nitrogens is 2. The highest BCUT2D eigenvalue weighted by Gasteiger charge is 2.32. The maximum absolute atomic E-state index is 12.4. The van der Waals surface area contributed by atoms with Crippen LogP contribution in [0.2, 0.25) is 0 Å². The van der Waals surface area contributed by atoms with Gasteiger partial charge in [-0.05, 0) is 44.6 Å². The fourth-order valence-corrected chi connectivity index (χ4v) is 5.61. The molecule has 3 aromatic heterocycles. The third-order valence-corrected chi connectivity index (χ3v) is 7.75. The smallest absolute Gasteiger partial charge is 0.390 e. The number of sulfonamides is 1. The van der Waals surface area contributed by atoms with Crippen molar-refractivity contribution in [2.75, 3.05) is 11.1 Å². The number of anilines is 1. The maximum Gasteiger partial charge on any atom is 0.390 e. The number of imidazole rings is 1. The molecule has 0 spiro atoms. The molecule has 17 heteroatoms. The van der Waals surface area contributed by atoms with Crippen LogP contribution in [0.3, 0.4) is 0 Å². The Morgan fingerprint density at radius 3 is 2.47 bits per heavy atom. The molecular weight excluding hydrogens is 531 g/mol. The summed E-state index contributed by atoms with van der Waals surface area (Å²) in [7, 11) is -4.03. The number of alkyl halides is 3. The number of aromatic hydroxyl groups is 1. The van der Waals surface area contributed by atoms with Crippen molar-refractivity contribution in [1.82, 2.24) is 34.3 Å². The molecule has 2 aliphatic rings. The van der Waals surface area contributed by atoms with Crippen molar-refractivity contribution >= 4 is 27.7 Å². The molecule has 13 nitrogen and oxygen atoms in total. The molecular formula is C21H26F3N9O4S. The fourth-order valence-electron chi connectivity index (χ4n) is 4.25. The molecule has 2 fully saturated rings. The van der Waals surface area contributed by atoms with E-state index in [1.54, 1.807) is 0 Å². The van der Waals surface area contributed by atoms with Gasteiger partial charge in [0.05, 0.1) is 24.4 Å². The van der Waals surface area contributed by atoms with E-state index in [0.717, 1.165) is 12.8 Å². The van der Waals surface area contributed by atoms with E-state index >= 15 is 0 Å². The van der Waals surface area contributed by atoms with Gasteiger partial charge in [0.15, 0.2) is 5.65 Å². The molecule has 5 N–H and O–H groups in total. The molecule has 206 valence electrons. The van der Waals surface area contributed by atoms with Crippen LogP contribution >= 0.6 is 0 Å². The second-order valence-corrected chi connectivity index (χ2v) is 11.4. The molecule has 0 aliphatic heterocycles. The van der Waals surface area contributed by atoms with Gasteiger partial charge in [0.25, 0.3) is 5.62 Å². The summed E-state index contributed by atoms with van der Waals surface area (Å²) >= 11 is 0. The Morgan fingerprint density at radius 1 is 1.13 bits per heavy atom. The average Bonchev–Trinajstić information content (AvgIpc) is 3.47. The van der Waals surface area contributed by atoms with E-state index < -0.39 is 40.1 Å². The average molecular weight is 558 g/mol. The summed E-state index contributed by atoms with van der Waals surface area (Å²) in [6, 6.07) is -0.395. The highest BCUT2D eigenvalue weighted by molar-refractivity contribution is 7.89. The Kier molecular flexibility index (Phi) is 6.89. The first-order valence-corrected chi connectivity index (χ1v) is 13.8. The van der Waals surface area contributed by atoms with E-state index in [0.29, 0.717) is 42.2 Å². The predicted octanol–water partition coefficient (Wildman–Crippen LogP) is 0.0520. The zero-order chi connectivity index (χ0) is 27.1. The lowest BCUT2D eigenvalue weighted by Crippen LogP contribution is -2.41. The Morgan fingerprint density at radius 2 is 1.84 bits per heavy atom. The highest BCUT2D eigenvalue weighted by Crippen LogP contribution is 2.24. The molecule has 3 aromatic rings. The van der Waals surface area contributed by atoms with Gasteiger partial charge in [0.1, 0.15) is 5.69 Å². The number of nitrogens with one attached hydrogen (secondary N) is 4. The summed E-state index contributed by atoms with van der Waals surface area (Å²) in [6.07, 6.45) is 0.970. The van der Waals surface area contributed by atoms with Crippen LogP contribution in [-0.2, 0) is 10.0 Å². The lowest BCUT2D eigenvalue weighted by molar-refractivity contribution is -0.130. The zero-order valence-corrected chi connectivity index (χ0v) is 20.8. The topological polar surface area (TPSA) is 183 Å². The van der Waals surface area contributed by atoms with E-state index in [-0.39, 0.29) is 29.6 Å².